The number of hydroxylamine groups is 8. The summed E-state index contributed by atoms with van der Waals surface area (Å²) in [7, 11) is 0. The Bertz CT molecular complexity index is 2240. The molecule has 380 valence electrons. The molecule has 4 saturated heterocycles. The van der Waals surface area contributed by atoms with Gasteiger partial charge in [0.1, 0.15) is 0 Å². The Balaban J connectivity index is 0.000000254. The van der Waals surface area contributed by atoms with E-state index >= 15 is 0 Å². The predicted molar refractivity (Wildman–Crippen MR) is 256 cm³/mol. The molecule has 4 fully saturated rings. The molecule has 0 bridgehead atoms. The summed E-state index contributed by atoms with van der Waals surface area (Å²) >= 11 is 0. The van der Waals surface area contributed by atoms with E-state index in [1.165, 1.54) is 32.4 Å². The first-order chi connectivity index (χ1) is 30.6. The van der Waals surface area contributed by atoms with Crippen molar-refractivity contribution in [2.45, 2.75) is 230 Å². The maximum atomic E-state index is 12.8. The van der Waals surface area contributed by atoms with Crippen LogP contribution < -0.4 is 0 Å². The molecule has 2 aromatic rings. The minimum atomic E-state index is -1.27. The zero-order valence-electron chi connectivity index (χ0n) is 43.3. The molecule has 0 atom stereocenters. The first-order valence-corrected chi connectivity index (χ1v) is 23.9. The molecule has 4 aliphatic rings. The normalized spacial score (nSPS) is 25.2. The lowest BCUT2D eigenvalue weighted by atomic mass is 9.66. The van der Waals surface area contributed by atoms with Gasteiger partial charge in [-0.2, -0.15) is 20.3 Å². The summed E-state index contributed by atoms with van der Waals surface area (Å²) in [5, 5.41) is 89.0. The maximum absolute atomic E-state index is 12.8. The van der Waals surface area contributed by atoms with E-state index in [4.69, 9.17) is 0 Å². The quantitative estimate of drug-likeness (QED) is 0.123. The third-order valence-corrected chi connectivity index (χ3v) is 15.7. The Morgan fingerprint density at radius 2 is 0.603 bits per heavy atom. The van der Waals surface area contributed by atoms with Crippen LogP contribution in [0.4, 0.5) is 0 Å². The van der Waals surface area contributed by atoms with E-state index in [-0.39, 0.29) is 45.9 Å². The third kappa shape index (κ3) is 10.3. The monoisotopic (exact) mass is 953 g/mol. The molecule has 68 heavy (non-hydrogen) atoms. The maximum Gasteiger partial charge on any atom is 0.336 e. The molecule has 0 amide bonds. The van der Waals surface area contributed by atoms with Gasteiger partial charge < -0.3 is 41.3 Å². The minimum absolute atomic E-state index is 0.00209. The second kappa shape index (κ2) is 18.0. The Hall–Kier alpha value is -4.00. The lowest BCUT2D eigenvalue weighted by molar-refractivity contribution is -0.246. The van der Waals surface area contributed by atoms with E-state index in [0.717, 1.165) is 5.56 Å². The molecule has 0 radical (unpaired) electrons. The van der Waals surface area contributed by atoms with E-state index < -0.39 is 68.2 Å². The SMILES string of the molecule is CC1(C)CC(c2ccc(C(=O)O)c(C(=O)O)c2C2CC(C)(C)N(O)C(C)(C)C2)CC(C)(C)N1O.CC1(C)CC(c2ccc(C(=O)O)c(C3CC(C)(C)N(O)C(C)(C)C3)c2C(=O)O)CC(C)(C)N1O. The topological polar surface area (TPSA) is 243 Å². The van der Waals surface area contributed by atoms with E-state index in [0.29, 0.717) is 68.1 Å². The van der Waals surface area contributed by atoms with Crippen molar-refractivity contribution in [3.05, 3.63) is 68.8 Å². The standard InChI is InChI=1S/2C26H40N2O6/c1-23(2)11-15(12-24(3,4)27(23)33)17-9-10-18(21(29)30)19(20(17)22(31)32)16-13-25(5,6)28(34)26(7,8)14-16;1-23(2)11-15(12-24(3,4)27(23)33)17-9-10-18(21(29)30)20(22(31)32)19(17)16-13-25(5,6)28(34)26(7,8)14-16/h2*9-10,15-16,33-34H,11-14H2,1-8H3,(H,29,30)(H,31,32). The highest BCUT2D eigenvalue weighted by atomic mass is 16.5. The van der Waals surface area contributed by atoms with Crippen LogP contribution >= 0.6 is 0 Å². The molecule has 0 unspecified atom stereocenters. The van der Waals surface area contributed by atoms with Crippen LogP contribution in [-0.4, -0.2) is 130 Å². The van der Waals surface area contributed by atoms with E-state index in [1.807, 2.05) is 111 Å². The number of rotatable bonds is 8. The van der Waals surface area contributed by atoms with Crippen molar-refractivity contribution in [1.82, 2.24) is 20.3 Å². The van der Waals surface area contributed by atoms with Crippen molar-refractivity contribution in [3.8, 4) is 0 Å². The van der Waals surface area contributed by atoms with Gasteiger partial charge >= 0.3 is 23.9 Å². The number of nitrogens with zero attached hydrogens (tertiary/aromatic N) is 4. The number of hydrogen-bond acceptors (Lipinski definition) is 12. The van der Waals surface area contributed by atoms with Gasteiger partial charge in [-0.3, -0.25) is 0 Å². The zero-order chi connectivity index (χ0) is 52.0. The lowest BCUT2D eigenvalue weighted by Crippen LogP contribution is -2.59. The average molecular weight is 953 g/mol. The van der Waals surface area contributed by atoms with Gasteiger partial charge in [0.25, 0.3) is 0 Å². The van der Waals surface area contributed by atoms with Crippen molar-refractivity contribution < 1.29 is 60.4 Å². The molecule has 0 spiro atoms. The molecule has 16 nitrogen and oxygen atoms in total. The van der Waals surface area contributed by atoms with Crippen LogP contribution in [0.1, 0.15) is 250 Å². The summed E-state index contributed by atoms with van der Waals surface area (Å²) in [6, 6.07) is 6.38. The molecule has 6 rings (SSSR count). The summed E-state index contributed by atoms with van der Waals surface area (Å²) in [4.78, 5) is 49.6. The van der Waals surface area contributed by atoms with Gasteiger partial charge in [-0.05, 0) is 220 Å². The summed E-state index contributed by atoms with van der Waals surface area (Å²) in [5.74, 6) is -5.67. The highest BCUT2D eigenvalue weighted by Gasteiger charge is 2.52. The smallest absolute Gasteiger partial charge is 0.336 e. The van der Waals surface area contributed by atoms with Crippen LogP contribution in [0.2, 0.25) is 0 Å². The molecular weight excluding hydrogens is 873 g/mol. The number of piperidine rings is 4. The summed E-state index contributed by atoms with van der Waals surface area (Å²) in [5.41, 5.74) is -2.83. The van der Waals surface area contributed by atoms with Gasteiger partial charge in [-0.25, -0.2) is 19.2 Å². The molecule has 0 aliphatic carbocycles. The molecule has 8 N–H and O–H groups in total. The second-order valence-electron chi connectivity index (χ2n) is 25.4. The predicted octanol–water partition coefficient (Wildman–Crippen LogP) is 10.7. The van der Waals surface area contributed by atoms with Crippen LogP contribution in [0.5, 0.6) is 0 Å². The summed E-state index contributed by atoms with van der Waals surface area (Å²) in [6.45, 7) is 30.7. The number of carboxylic acid groups (broad SMARTS) is 4. The van der Waals surface area contributed by atoms with E-state index in [9.17, 15) is 60.4 Å². The van der Waals surface area contributed by atoms with Crippen molar-refractivity contribution in [1.29, 1.82) is 0 Å². The Kier molecular flexibility index (Phi) is 14.5. The van der Waals surface area contributed by atoms with Gasteiger partial charge in [-0.1, -0.05) is 12.1 Å². The summed E-state index contributed by atoms with van der Waals surface area (Å²) < 4.78 is 0. The fourth-order valence-electron chi connectivity index (χ4n) is 13.6. The number of hydrogen-bond donors (Lipinski definition) is 8. The molecule has 0 aromatic heterocycles. The zero-order valence-corrected chi connectivity index (χ0v) is 43.3. The van der Waals surface area contributed by atoms with Crippen LogP contribution in [-0.2, 0) is 0 Å². The van der Waals surface area contributed by atoms with E-state index in [1.54, 1.807) is 12.1 Å². The molecular formula is C52H80N4O12. The Morgan fingerprint density at radius 1 is 0.353 bits per heavy atom. The average Bonchev–Trinajstić information content (AvgIpc) is 3.17. The highest BCUT2D eigenvalue weighted by Crippen LogP contribution is 2.53. The minimum Gasteiger partial charge on any atom is -0.478 e. The van der Waals surface area contributed by atoms with Gasteiger partial charge in [0, 0.05) is 44.3 Å². The van der Waals surface area contributed by atoms with Gasteiger partial charge in [0.2, 0.25) is 0 Å². The van der Waals surface area contributed by atoms with E-state index in [2.05, 4.69) is 0 Å². The first kappa shape index (κ1) is 54.9. The fourth-order valence-corrected chi connectivity index (χ4v) is 13.6. The molecule has 4 aliphatic heterocycles. The van der Waals surface area contributed by atoms with Gasteiger partial charge in [0.05, 0.1) is 22.3 Å². The van der Waals surface area contributed by atoms with Crippen LogP contribution in [0, 0.1) is 0 Å². The van der Waals surface area contributed by atoms with Crippen LogP contribution in [0.25, 0.3) is 0 Å². The second-order valence-corrected chi connectivity index (χ2v) is 25.4. The lowest BCUT2D eigenvalue weighted by Gasteiger charge is -2.53. The van der Waals surface area contributed by atoms with Gasteiger partial charge in [-0.15, -0.1) is 0 Å². The number of carboxylic acids is 4. The van der Waals surface area contributed by atoms with Crippen LogP contribution in [0.15, 0.2) is 24.3 Å². The molecule has 0 saturated carbocycles. The third-order valence-electron chi connectivity index (χ3n) is 15.7. The molecule has 2 aromatic carbocycles. The van der Waals surface area contributed by atoms with Crippen molar-refractivity contribution in [2.75, 3.05) is 0 Å². The Labute approximate surface area is 402 Å². The number of benzene rings is 2. The molecule has 4 heterocycles. The van der Waals surface area contributed by atoms with Crippen molar-refractivity contribution in [3.63, 3.8) is 0 Å². The number of aromatic carboxylic acids is 4. The molecule has 16 heteroatoms. The number of carbonyl (C=O) groups is 4. The van der Waals surface area contributed by atoms with Crippen LogP contribution in [0.3, 0.4) is 0 Å². The van der Waals surface area contributed by atoms with Crippen molar-refractivity contribution in [2.24, 2.45) is 0 Å². The highest BCUT2D eigenvalue weighted by molar-refractivity contribution is 6.03. The fraction of sp³-hybridized carbons (Fsp3) is 0.692. The van der Waals surface area contributed by atoms with Gasteiger partial charge in [0.15, 0.2) is 0 Å². The largest absolute Gasteiger partial charge is 0.478 e. The summed E-state index contributed by atoms with van der Waals surface area (Å²) in [6.07, 6.45) is 4.06. The van der Waals surface area contributed by atoms with Crippen molar-refractivity contribution >= 4 is 23.9 Å². The first-order valence-electron chi connectivity index (χ1n) is 23.9. The Morgan fingerprint density at radius 3 is 0.897 bits per heavy atom.